The number of carboxylic acid groups (broad SMARTS) is 1. The van der Waals surface area contributed by atoms with Crippen molar-refractivity contribution in [2.45, 2.75) is 26.2 Å². The van der Waals surface area contributed by atoms with Crippen LogP contribution in [0.2, 0.25) is 0 Å². The molecule has 2 aromatic carbocycles. The smallest absolute Gasteiger partial charge is 0.339 e. The molecule has 21 heavy (non-hydrogen) atoms. The number of hydrogen-bond acceptors (Lipinski definition) is 3. The number of carbonyl (C=O) groups is 1. The van der Waals surface area contributed by atoms with Gasteiger partial charge in [-0.1, -0.05) is 45.0 Å². The van der Waals surface area contributed by atoms with Gasteiger partial charge in [0.1, 0.15) is 17.1 Å². The third-order valence-electron chi connectivity index (χ3n) is 2.87. The average Bonchev–Trinajstić information content (AvgIpc) is 2.39. The Labute approximate surface area is 124 Å². The van der Waals surface area contributed by atoms with Crippen molar-refractivity contribution in [1.29, 1.82) is 0 Å². The molecule has 0 amide bonds. The zero-order valence-corrected chi connectivity index (χ0v) is 12.4. The van der Waals surface area contributed by atoms with Crippen LogP contribution in [-0.2, 0) is 5.41 Å². The normalized spacial score (nSPS) is 10.4. The summed E-state index contributed by atoms with van der Waals surface area (Å²) >= 11 is 0. The molecule has 0 aliphatic carbocycles. The second-order valence-electron chi connectivity index (χ2n) is 5.62. The highest BCUT2D eigenvalue weighted by Gasteiger charge is 2.12. The van der Waals surface area contributed by atoms with Crippen molar-refractivity contribution in [1.82, 2.24) is 0 Å². The molecule has 0 fully saturated rings. The minimum Gasteiger partial charge on any atom is -0.508 e. The summed E-state index contributed by atoms with van der Waals surface area (Å²) < 4.78 is 0. The van der Waals surface area contributed by atoms with Gasteiger partial charge in [-0.25, -0.2) is 4.79 Å². The van der Waals surface area contributed by atoms with E-state index < -0.39 is 5.97 Å². The molecule has 0 aliphatic rings. The monoisotopic (exact) mass is 288 g/mol. The molecule has 0 aliphatic heterocycles. The molecule has 112 valence electrons. The average molecular weight is 288 g/mol. The van der Waals surface area contributed by atoms with Crippen LogP contribution in [0.5, 0.6) is 11.5 Å². The van der Waals surface area contributed by atoms with E-state index in [-0.39, 0.29) is 16.7 Å². The summed E-state index contributed by atoms with van der Waals surface area (Å²) in [7, 11) is 0. The third kappa shape index (κ3) is 5.18. The fraction of sp³-hybridized carbons (Fsp3) is 0.235. The number of carboxylic acids is 1. The largest absolute Gasteiger partial charge is 0.508 e. The van der Waals surface area contributed by atoms with Gasteiger partial charge in [-0.05, 0) is 35.2 Å². The molecule has 0 heterocycles. The third-order valence-corrected chi connectivity index (χ3v) is 2.87. The van der Waals surface area contributed by atoms with E-state index in [1.54, 1.807) is 24.3 Å². The van der Waals surface area contributed by atoms with Crippen molar-refractivity contribution in [3.8, 4) is 11.5 Å². The lowest BCUT2D eigenvalue weighted by Gasteiger charge is -2.18. The van der Waals surface area contributed by atoms with Gasteiger partial charge >= 0.3 is 5.97 Å². The molecule has 0 aromatic heterocycles. The fourth-order valence-corrected chi connectivity index (χ4v) is 1.62. The summed E-state index contributed by atoms with van der Waals surface area (Å²) in [5, 5.41) is 26.3. The van der Waals surface area contributed by atoms with Crippen molar-refractivity contribution in [3.05, 3.63) is 59.7 Å². The van der Waals surface area contributed by atoms with E-state index in [2.05, 4.69) is 20.8 Å². The predicted octanol–water partition coefficient (Wildman–Crippen LogP) is 3.78. The first-order chi connectivity index (χ1) is 9.71. The highest BCUT2D eigenvalue weighted by molar-refractivity contribution is 5.90. The zero-order valence-electron chi connectivity index (χ0n) is 12.4. The molecule has 0 unspecified atom stereocenters. The van der Waals surface area contributed by atoms with Crippen LogP contribution in [0.25, 0.3) is 0 Å². The van der Waals surface area contributed by atoms with Gasteiger partial charge in [0, 0.05) is 0 Å². The van der Waals surface area contributed by atoms with E-state index in [0.717, 1.165) is 0 Å². The van der Waals surface area contributed by atoms with Crippen LogP contribution in [0.1, 0.15) is 36.7 Å². The Morgan fingerprint density at radius 2 is 1.43 bits per heavy atom. The maximum absolute atomic E-state index is 10.3. The van der Waals surface area contributed by atoms with Gasteiger partial charge in [0.25, 0.3) is 0 Å². The first-order valence-electron chi connectivity index (χ1n) is 6.52. The van der Waals surface area contributed by atoms with Crippen LogP contribution in [-0.4, -0.2) is 21.3 Å². The summed E-state index contributed by atoms with van der Waals surface area (Å²) in [6, 6.07) is 13.2. The summed E-state index contributed by atoms with van der Waals surface area (Å²) in [5.41, 5.74) is 1.35. The number of benzene rings is 2. The second kappa shape index (κ2) is 6.79. The molecule has 0 bridgehead atoms. The topological polar surface area (TPSA) is 77.8 Å². The number of hydrogen-bond donors (Lipinski definition) is 3. The minimum atomic E-state index is -1.11. The maximum Gasteiger partial charge on any atom is 0.339 e. The molecular weight excluding hydrogens is 268 g/mol. The Bertz CT molecular complexity index is 595. The summed E-state index contributed by atoms with van der Waals surface area (Å²) in [4.78, 5) is 10.3. The van der Waals surface area contributed by atoms with Crippen LogP contribution < -0.4 is 0 Å². The molecule has 4 nitrogen and oxygen atoms in total. The number of rotatable bonds is 1. The fourth-order valence-electron chi connectivity index (χ4n) is 1.62. The Hall–Kier alpha value is -2.49. The first-order valence-corrected chi connectivity index (χ1v) is 6.52. The van der Waals surface area contributed by atoms with Crippen molar-refractivity contribution >= 4 is 5.97 Å². The van der Waals surface area contributed by atoms with Gasteiger partial charge < -0.3 is 15.3 Å². The Balaban J connectivity index is 0.000000211. The van der Waals surface area contributed by atoms with Crippen LogP contribution in [0.3, 0.4) is 0 Å². The summed E-state index contributed by atoms with van der Waals surface area (Å²) in [6.45, 7) is 6.46. The lowest BCUT2D eigenvalue weighted by atomic mass is 9.87. The molecule has 0 spiro atoms. The second-order valence-corrected chi connectivity index (χ2v) is 5.62. The molecule has 0 atom stereocenters. The Morgan fingerprint density at radius 1 is 0.905 bits per heavy atom. The molecule has 0 saturated carbocycles. The number of para-hydroxylation sites is 1. The van der Waals surface area contributed by atoms with E-state index in [0.29, 0.717) is 5.75 Å². The minimum absolute atomic E-state index is 0.0671. The van der Waals surface area contributed by atoms with Gasteiger partial charge in [-0.15, -0.1) is 0 Å². The summed E-state index contributed by atoms with van der Waals surface area (Å²) in [6.07, 6.45) is 0. The molecule has 4 heteroatoms. The van der Waals surface area contributed by atoms with E-state index in [4.69, 9.17) is 15.3 Å². The van der Waals surface area contributed by atoms with Gasteiger partial charge in [0.05, 0.1) is 0 Å². The molecule has 0 radical (unpaired) electrons. The molecular formula is C17H20O4. The molecule has 3 N–H and O–H groups in total. The zero-order chi connectivity index (χ0) is 16.0. The number of aromatic carboxylic acids is 1. The number of aromatic hydroxyl groups is 2. The van der Waals surface area contributed by atoms with Crippen LogP contribution in [0, 0.1) is 0 Å². The Kier molecular flexibility index (Phi) is 5.36. The molecule has 2 aromatic rings. The van der Waals surface area contributed by atoms with E-state index in [1.165, 1.54) is 17.7 Å². The summed E-state index contributed by atoms with van der Waals surface area (Å²) in [5.74, 6) is -0.980. The standard InChI is InChI=1S/C10H14O.C7H6O3/c1-10(2,3)8-4-6-9(11)7-5-8;8-6-4-2-1-3-5(6)7(9)10/h4-7,11H,1-3H3;1-4,8H,(H,9,10). The lowest BCUT2D eigenvalue weighted by molar-refractivity contribution is 0.0693. The lowest BCUT2D eigenvalue weighted by Crippen LogP contribution is -2.10. The SMILES string of the molecule is CC(C)(C)c1ccc(O)cc1.O=C(O)c1ccccc1O. The first kappa shape index (κ1) is 16.6. The van der Waals surface area contributed by atoms with Gasteiger partial charge in [-0.2, -0.15) is 0 Å². The van der Waals surface area contributed by atoms with Crippen molar-refractivity contribution in [3.63, 3.8) is 0 Å². The van der Waals surface area contributed by atoms with Gasteiger partial charge in [0.15, 0.2) is 0 Å². The van der Waals surface area contributed by atoms with E-state index >= 15 is 0 Å². The van der Waals surface area contributed by atoms with Crippen LogP contribution >= 0.6 is 0 Å². The Morgan fingerprint density at radius 3 is 1.81 bits per heavy atom. The van der Waals surface area contributed by atoms with E-state index in [9.17, 15) is 4.79 Å². The predicted molar refractivity (Wildman–Crippen MR) is 81.9 cm³/mol. The van der Waals surface area contributed by atoms with Gasteiger partial charge in [0.2, 0.25) is 0 Å². The van der Waals surface area contributed by atoms with Gasteiger partial charge in [-0.3, -0.25) is 0 Å². The van der Waals surface area contributed by atoms with Crippen molar-refractivity contribution in [2.75, 3.05) is 0 Å². The molecule has 0 saturated heterocycles. The van der Waals surface area contributed by atoms with Crippen molar-refractivity contribution in [2.24, 2.45) is 0 Å². The highest BCUT2D eigenvalue weighted by Crippen LogP contribution is 2.23. The van der Waals surface area contributed by atoms with Crippen molar-refractivity contribution < 1.29 is 20.1 Å². The van der Waals surface area contributed by atoms with Crippen LogP contribution in [0.4, 0.5) is 0 Å². The number of phenols is 2. The van der Waals surface area contributed by atoms with E-state index in [1.807, 2.05) is 12.1 Å². The quantitative estimate of drug-likeness (QED) is 0.746. The highest BCUT2D eigenvalue weighted by atomic mass is 16.4. The maximum atomic E-state index is 10.3. The van der Waals surface area contributed by atoms with Crippen LogP contribution in [0.15, 0.2) is 48.5 Å². The number of phenolic OH excluding ortho intramolecular Hbond substituents is 1. The molecule has 2 rings (SSSR count).